The summed E-state index contributed by atoms with van der Waals surface area (Å²) >= 11 is 3.23. The minimum Gasteiger partial charge on any atom is -0.397 e. The second-order valence-electron chi connectivity index (χ2n) is 3.79. The average molecular weight is 345 g/mol. The Morgan fingerprint density at radius 3 is 2.32 bits per heavy atom. The van der Waals surface area contributed by atoms with Crippen molar-refractivity contribution in [1.82, 2.24) is 0 Å². The van der Waals surface area contributed by atoms with Crippen LogP contribution in [0.4, 0.5) is 15.8 Å². The van der Waals surface area contributed by atoms with Gasteiger partial charge < -0.3 is 5.73 Å². The van der Waals surface area contributed by atoms with Crippen LogP contribution in [0.15, 0.2) is 51.8 Å². The zero-order valence-electron chi connectivity index (χ0n) is 9.60. The highest BCUT2D eigenvalue weighted by Gasteiger charge is 2.15. The second-order valence-corrected chi connectivity index (χ2v) is 6.39. The van der Waals surface area contributed by atoms with Gasteiger partial charge in [0.1, 0.15) is 5.82 Å². The van der Waals surface area contributed by atoms with E-state index in [9.17, 15) is 12.8 Å². The Balaban J connectivity index is 2.33. The van der Waals surface area contributed by atoms with Gasteiger partial charge in [-0.15, -0.1) is 0 Å². The molecule has 4 nitrogen and oxygen atoms in total. The summed E-state index contributed by atoms with van der Waals surface area (Å²) in [5.74, 6) is -0.498. The van der Waals surface area contributed by atoms with E-state index in [1.165, 1.54) is 12.1 Å². The monoisotopic (exact) mass is 344 g/mol. The predicted octanol–water partition coefficient (Wildman–Crippen LogP) is 2.97. The molecule has 2 aromatic rings. The molecule has 7 heteroatoms. The molecule has 19 heavy (non-hydrogen) atoms. The van der Waals surface area contributed by atoms with Crippen LogP contribution in [-0.4, -0.2) is 8.42 Å². The summed E-state index contributed by atoms with van der Waals surface area (Å²) in [5.41, 5.74) is 6.28. The lowest BCUT2D eigenvalue weighted by Crippen LogP contribution is -2.14. The molecule has 2 rings (SSSR count). The molecule has 3 N–H and O–H groups in total. The molecule has 0 aromatic heterocycles. The van der Waals surface area contributed by atoms with Gasteiger partial charge in [0.2, 0.25) is 0 Å². The maximum atomic E-state index is 12.8. The van der Waals surface area contributed by atoms with Crippen molar-refractivity contribution < 1.29 is 12.8 Å². The topological polar surface area (TPSA) is 72.2 Å². The average Bonchev–Trinajstić information content (AvgIpc) is 2.33. The zero-order valence-corrected chi connectivity index (χ0v) is 12.0. The van der Waals surface area contributed by atoms with Crippen LogP contribution in [0.25, 0.3) is 0 Å². The number of anilines is 2. The van der Waals surface area contributed by atoms with Crippen molar-refractivity contribution in [2.24, 2.45) is 0 Å². The van der Waals surface area contributed by atoms with Crippen molar-refractivity contribution in [3.8, 4) is 0 Å². The molecule has 0 radical (unpaired) electrons. The third kappa shape index (κ3) is 3.24. The lowest BCUT2D eigenvalue weighted by Gasteiger charge is -2.10. The first kappa shape index (κ1) is 13.8. The number of nitrogens with one attached hydrogen (secondary N) is 1. The number of hydrogen-bond donors (Lipinski definition) is 2. The van der Waals surface area contributed by atoms with Gasteiger partial charge in [-0.2, -0.15) is 0 Å². The van der Waals surface area contributed by atoms with Gasteiger partial charge in [-0.1, -0.05) is 15.9 Å². The largest absolute Gasteiger partial charge is 0.397 e. The highest BCUT2D eigenvalue weighted by atomic mass is 79.9. The van der Waals surface area contributed by atoms with E-state index in [1.54, 1.807) is 18.2 Å². The Kier molecular flexibility index (Phi) is 3.77. The van der Waals surface area contributed by atoms with Gasteiger partial charge in [0.15, 0.2) is 0 Å². The van der Waals surface area contributed by atoms with Gasteiger partial charge in [0.25, 0.3) is 10.0 Å². The quantitative estimate of drug-likeness (QED) is 0.840. The number of nitrogen functional groups attached to an aromatic ring is 1. The standard InChI is InChI=1S/C12H10BrFN2O2S/c13-8-1-6-12(11(15)7-8)16-19(17,18)10-4-2-9(14)3-5-10/h1-7,16H,15H2. The Hall–Kier alpha value is -1.60. The smallest absolute Gasteiger partial charge is 0.261 e. The SMILES string of the molecule is Nc1cc(Br)ccc1NS(=O)(=O)c1ccc(F)cc1. The fourth-order valence-corrected chi connectivity index (χ4v) is 2.91. The molecule has 0 heterocycles. The molecule has 2 aromatic carbocycles. The van der Waals surface area contributed by atoms with Crippen LogP contribution in [0.3, 0.4) is 0 Å². The van der Waals surface area contributed by atoms with Crippen molar-refractivity contribution in [1.29, 1.82) is 0 Å². The summed E-state index contributed by atoms with van der Waals surface area (Å²) in [4.78, 5) is -0.0313. The van der Waals surface area contributed by atoms with Crippen molar-refractivity contribution in [3.63, 3.8) is 0 Å². The molecule has 100 valence electrons. The number of sulfonamides is 1. The van der Waals surface area contributed by atoms with Crippen LogP contribution >= 0.6 is 15.9 Å². The number of halogens is 2. The Morgan fingerprint density at radius 1 is 1.11 bits per heavy atom. The first-order chi connectivity index (χ1) is 8.88. The maximum Gasteiger partial charge on any atom is 0.261 e. The van der Waals surface area contributed by atoms with Crippen molar-refractivity contribution in [2.45, 2.75) is 4.90 Å². The molecule has 0 fully saturated rings. The lowest BCUT2D eigenvalue weighted by atomic mass is 10.3. The molecule has 0 saturated carbocycles. The molecular weight excluding hydrogens is 335 g/mol. The molecule has 0 aliphatic carbocycles. The predicted molar refractivity (Wildman–Crippen MR) is 75.8 cm³/mol. The van der Waals surface area contributed by atoms with Crippen molar-refractivity contribution in [2.75, 3.05) is 10.5 Å². The van der Waals surface area contributed by atoms with Crippen molar-refractivity contribution >= 4 is 37.3 Å². The minimum absolute atomic E-state index is 0.0313. The summed E-state index contributed by atoms with van der Waals surface area (Å²) in [6.45, 7) is 0. The zero-order chi connectivity index (χ0) is 14.0. The third-order valence-corrected chi connectivity index (χ3v) is 4.26. The van der Waals surface area contributed by atoms with E-state index in [0.717, 1.165) is 16.6 Å². The maximum absolute atomic E-state index is 12.8. The molecule has 0 aliphatic heterocycles. The third-order valence-electron chi connectivity index (χ3n) is 2.38. The van der Waals surface area contributed by atoms with Gasteiger partial charge in [-0.05, 0) is 42.5 Å². The minimum atomic E-state index is -3.78. The summed E-state index contributed by atoms with van der Waals surface area (Å²) in [7, 11) is -3.78. The van der Waals surface area contributed by atoms with Crippen LogP contribution in [0.5, 0.6) is 0 Å². The fraction of sp³-hybridized carbons (Fsp3) is 0. The Labute approximate surface area is 118 Å². The number of benzene rings is 2. The van der Waals surface area contributed by atoms with E-state index in [4.69, 9.17) is 5.73 Å². The van der Waals surface area contributed by atoms with E-state index < -0.39 is 15.8 Å². The van der Waals surface area contributed by atoms with E-state index in [2.05, 4.69) is 20.7 Å². The van der Waals surface area contributed by atoms with Crippen LogP contribution in [0.2, 0.25) is 0 Å². The van der Waals surface area contributed by atoms with Gasteiger partial charge >= 0.3 is 0 Å². The van der Waals surface area contributed by atoms with E-state index >= 15 is 0 Å². The van der Waals surface area contributed by atoms with E-state index in [1.807, 2.05) is 0 Å². The van der Waals surface area contributed by atoms with Crippen molar-refractivity contribution in [3.05, 3.63) is 52.8 Å². The molecule has 0 saturated heterocycles. The van der Waals surface area contributed by atoms with Crippen LogP contribution in [0.1, 0.15) is 0 Å². The Bertz CT molecular complexity index is 702. The van der Waals surface area contributed by atoms with Gasteiger partial charge in [0.05, 0.1) is 16.3 Å². The summed E-state index contributed by atoms with van der Waals surface area (Å²) < 4.78 is 40.0. The number of nitrogens with two attached hydrogens (primary N) is 1. The first-order valence-electron chi connectivity index (χ1n) is 5.22. The van der Waals surface area contributed by atoms with Crippen LogP contribution in [-0.2, 0) is 10.0 Å². The van der Waals surface area contributed by atoms with Crippen LogP contribution < -0.4 is 10.5 Å². The second kappa shape index (κ2) is 5.18. The number of hydrogen-bond acceptors (Lipinski definition) is 3. The molecule has 0 bridgehead atoms. The van der Waals surface area contributed by atoms with E-state index in [-0.39, 0.29) is 10.6 Å². The van der Waals surface area contributed by atoms with E-state index in [0.29, 0.717) is 5.69 Å². The summed E-state index contributed by atoms with van der Waals surface area (Å²) in [5, 5.41) is 0. The highest BCUT2D eigenvalue weighted by Crippen LogP contribution is 2.25. The molecule has 0 atom stereocenters. The molecular formula is C12H10BrFN2O2S. The Morgan fingerprint density at radius 2 is 1.74 bits per heavy atom. The molecule has 0 spiro atoms. The van der Waals surface area contributed by atoms with Gasteiger partial charge in [-0.25, -0.2) is 12.8 Å². The lowest BCUT2D eigenvalue weighted by molar-refractivity contribution is 0.599. The van der Waals surface area contributed by atoms with Crippen LogP contribution in [0, 0.1) is 5.82 Å². The summed E-state index contributed by atoms with van der Waals surface area (Å²) in [6, 6.07) is 9.33. The fourth-order valence-electron chi connectivity index (χ4n) is 1.44. The highest BCUT2D eigenvalue weighted by molar-refractivity contribution is 9.10. The van der Waals surface area contributed by atoms with Gasteiger partial charge in [-0.3, -0.25) is 4.72 Å². The first-order valence-corrected chi connectivity index (χ1v) is 7.49. The number of rotatable bonds is 3. The molecule has 0 aliphatic rings. The van der Waals surface area contributed by atoms with Gasteiger partial charge in [0, 0.05) is 4.47 Å². The molecule has 0 unspecified atom stereocenters. The normalized spacial score (nSPS) is 11.3. The summed E-state index contributed by atoms with van der Waals surface area (Å²) in [6.07, 6.45) is 0. The molecule has 0 amide bonds.